The van der Waals surface area contributed by atoms with Crippen LogP contribution >= 0.6 is 0 Å². The first-order valence-electron chi connectivity index (χ1n) is 5.97. The van der Waals surface area contributed by atoms with Crippen molar-refractivity contribution >= 4 is 23.5 Å². The zero-order chi connectivity index (χ0) is 15.1. The molecule has 0 spiro atoms. The van der Waals surface area contributed by atoms with Crippen LogP contribution in [0.1, 0.15) is 24.2 Å². The van der Waals surface area contributed by atoms with Crippen molar-refractivity contribution in [3.05, 3.63) is 24.0 Å². The van der Waals surface area contributed by atoms with Crippen LogP contribution in [0, 0.1) is 17.3 Å². The number of carbonyl (C=O) groups excluding carboxylic acids is 1. The topological polar surface area (TPSA) is 117 Å². The molecule has 7 heteroatoms. The number of pyridine rings is 1. The number of anilines is 1. The number of rotatable bonds is 4. The molecule has 1 saturated carbocycles. The van der Waals surface area contributed by atoms with Gasteiger partial charge >= 0.3 is 11.9 Å². The quantitative estimate of drug-likeness (QED) is 0.758. The molecule has 7 nitrogen and oxygen atoms in total. The van der Waals surface area contributed by atoms with Crippen LogP contribution in [0.5, 0.6) is 0 Å². The van der Waals surface area contributed by atoms with E-state index in [4.69, 9.17) is 10.2 Å². The van der Waals surface area contributed by atoms with Gasteiger partial charge in [-0.1, -0.05) is 13.8 Å². The number of aromatic carboxylic acids is 1. The third kappa shape index (κ3) is 2.34. The summed E-state index contributed by atoms with van der Waals surface area (Å²) < 4.78 is 0. The average molecular weight is 278 g/mol. The first-order valence-corrected chi connectivity index (χ1v) is 5.97. The minimum Gasteiger partial charge on any atom is -0.481 e. The van der Waals surface area contributed by atoms with Crippen molar-refractivity contribution in [1.29, 1.82) is 0 Å². The van der Waals surface area contributed by atoms with E-state index in [-0.39, 0.29) is 11.3 Å². The van der Waals surface area contributed by atoms with Crippen LogP contribution in [0.3, 0.4) is 0 Å². The third-order valence-corrected chi connectivity index (χ3v) is 3.63. The Kier molecular flexibility index (Phi) is 3.21. The number of carboxylic acid groups (broad SMARTS) is 2. The summed E-state index contributed by atoms with van der Waals surface area (Å²) in [7, 11) is 0. The van der Waals surface area contributed by atoms with Gasteiger partial charge in [0, 0.05) is 6.20 Å². The predicted molar refractivity (Wildman–Crippen MR) is 68.2 cm³/mol. The summed E-state index contributed by atoms with van der Waals surface area (Å²) in [6.45, 7) is 3.42. The first-order chi connectivity index (χ1) is 9.25. The highest BCUT2D eigenvalue weighted by Gasteiger charge is 2.65. The zero-order valence-electron chi connectivity index (χ0n) is 11.0. The van der Waals surface area contributed by atoms with Crippen LogP contribution in [-0.2, 0) is 9.59 Å². The van der Waals surface area contributed by atoms with Crippen LogP contribution in [0.4, 0.5) is 5.69 Å². The van der Waals surface area contributed by atoms with Crippen LogP contribution in [0.25, 0.3) is 0 Å². The van der Waals surface area contributed by atoms with Gasteiger partial charge in [-0.3, -0.25) is 14.6 Å². The summed E-state index contributed by atoms with van der Waals surface area (Å²) in [5, 5.41) is 20.4. The SMILES string of the molecule is CC1(C)C(C(=O)O)C1C(=O)Nc1cncc(C(=O)O)c1. The van der Waals surface area contributed by atoms with E-state index in [0.717, 1.165) is 0 Å². The number of hydrogen-bond acceptors (Lipinski definition) is 4. The van der Waals surface area contributed by atoms with Gasteiger partial charge in [0.2, 0.25) is 5.91 Å². The second kappa shape index (κ2) is 4.59. The Hall–Kier alpha value is -2.44. The fourth-order valence-corrected chi connectivity index (χ4v) is 2.43. The summed E-state index contributed by atoms with van der Waals surface area (Å²) in [4.78, 5) is 37.6. The number of nitrogens with zero attached hydrogens (tertiary/aromatic N) is 1. The zero-order valence-corrected chi connectivity index (χ0v) is 11.0. The van der Waals surface area contributed by atoms with Crippen LogP contribution < -0.4 is 5.32 Å². The molecule has 1 aliphatic rings. The van der Waals surface area contributed by atoms with Crippen molar-refractivity contribution in [2.45, 2.75) is 13.8 Å². The third-order valence-electron chi connectivity index (χ3n) is 3.63. The molecule has 0 bridgehead atoms. The van der Waals surface area contributed by atoms with Gasteiger partial charge in [-0.25, -0.2) is 4.79 Å². The lowest BCUT2D eigenvalue weighted by Gasteiger charge is -2.06. The summed E-state index contributed by atoms with van der Waals surface area (Å²) in [6.07, 6.45) is 2.48. The number of aromatic nitrogens is 1. The predicted octanol–water partition coefficient (Wildman–Crippen LogP) is 1.08. The molecule has 1 heterocycles. The Balaban J connectivity index is 2.12. The average Bonchev–Trinajstić information content (AvgIpc) is 2.93. The van der Waals surface area contributed by atoms with E-state index in [1.54, 1.807) is 13.8 Å². The van der Waals surface area contributed by atoms with Crippen molar-refractivity contribution in [3.8, 4) is 0 Å². The lowest BCUT2D eigenvalue weighted by atomic mass is 10.1. The number of nitrogens with one attached hydrogen (secondary N) is 1. The van der Waals surface area contributed by atoms with Crippen LogP contribution in [0.2, 0.25) is 0 Å². The lowest BCUT2D eigenvalue weighted by molar-refractivity contribution is -0.140. The first kappa shape index (κ1) is 14.0. The largest absolute Gasteiger partial charge is 0.481 e. The summed E-state index contributed by atoms with van der Waals surface area (Å²) >= 11 is 0. The van der Waals surface area contributed by atoms with Gasteiger partial charge in [0.25, 0.3) is 0 Å². The molecule has 1 aromatic heterocycles. The Bertz CT molecular complexity index is 596. The fourth-order valence-electron chi connectivity index (χ4n) is 2.43. The van der Waals surface area contributed by atoms with E-state index in [1.807, 2.05) is 0 Å². The molecular formula is C13H14N2O5. The Labute approximate surface area is 114 Å². The van der Waals surface area contributed by atoms with Gasteiger partial charge in [-0.15, -0.1) is 0 Å². The van der Waals surface area contributed by atoms with E-state index in [0.29, 0.717) is 0 Å². The number of hydrogen-bond donors (Lipinski definition) is 3. The second-order valence-corrected chi connectivity index (χ2v) is 5.37. The molecule has 2 rings (SSSR count). The molecule has 0 aromatic carbocycles. The molecule has 106 valence electrons. The molecule has 2 atom stereocenters. The van der Waals surface area contributed by atoms with Crippen LogP contribution in [-0.4, -0.2) is 33.0 Å². The standard InChI is InChI=1S/C13H14N2O5/c1-13(2)8(9(13)12(19)20)10(16)15-7-3-6(11(17)18)4-14-5-7/h3-5,8-9H,1-2H3,(H,15,16)(H,17,18)(H,19,20). The maximum absolute atomic E-state index is 12.0. The number of carboxylic acids is 2. The van der Waals surface area contributed by atoms with Gasteiger partial charge in [0.15, 0.2) is 0 Å². The van der Waals surface area contributed by atoms with Gasteiger partial charge in [-0.05, 0) is 11.5 Å². The summed E-state index contributed by atoms with van der Waals surface area (Å²) in [6, 6.07) is 1.28. The highest BCUT2D eigenvalue weighted by atomic mass is 16.4. The van der Waals surface area contributed by atoms with Crippen LogP contribution in [0.15, 0.2) is 18.5 Å². The van der Waals surface area contributed by atoms with Crippen molar-refractivity contribution < 1.29 is 24.6 Å². The molecule has 1 amide bonds. The minimum atomic E-state index is -1.15. The Morgan fingerprint density at radius 3 is 2.35 bits per heavy atom. The fraction of sp³-hybridized carbons (Fsp3) is 0.385. The smallest absolute Gasteiger partial charge is 0.337 e. The molecule has 1 aromatic rings. The molecule has 2 unspecified atom stereocenters. The summed E-state index contributed by atoms with van der Waals surface area (Å²) in [5.41, 5.74) is -0.414. The van der Waals surface area contributed by atoms with Crippen molar-refractivity contribution in [3.63, 3.8) is 0 Å². The van der Waals surface area contributed by atoms with Gasteiger partial charge in [0.05, 0.1) is 29.3 Å². The van der Waals surface area contributed by atoms with E-state index in [2.05, 4.69) is 10.3 Å². The number of carbonyl (C=O) groups is 3. The molecule has 1 aliphatic carbocycles. The van der Waals surface area contributed by atoms with E-state index in [1.165, 1.54) is 18.5 Å². The number of aliphatic carboxylic acids is 1. The van der Waals surface area contributed by atoms with Crippen molar-refractivity contribution in [2.75, 3.05) is 5.32 Å². The van der Waals surface area contributed by atoms with E-state index < -0.39 is 35.1 Å². The van der Waals surface area contributed by atoms with Crippen molar-refractivity contribution in [2.24, 2.45) is 17.3 Å². The van der Waals surface area contributed by atoms with E-state index >= 15 is 0 Å². The second-order valence-electron chi connectivity index (χ2n) is 5.37. The molecule has 0 saturated heterocycles. The number of amides is 1. The Morgan fingerprint density at radius 1 is 1.20 bits per heavy atom. The maximum Gasteiger partial charge on any atom is 0.337 e. The maximum atomic E-state index is 12.0. The molecule has 0 aliphatic heterocycles. The highest BCUT2D eigenvalue weighted by Crippen LogP contribution is 2.58. The lowest BCUT2D eigenvalue weighted by Crippen LogP contribution is -2.18. The van der Waals surface area contributed by atoms with Gasteiger partial charge in [0.1, 0.15) is 0 Å². The molecule has 20 heavy (non-hydrogen) atoms. The van der Waals surface area contributed by atoms with Crippen molar-refractivity contribution in [1.82, 2.24) is 4.98 Å². The molecule has 3 N–H and O–H groups in total. The minimum absolute atomic E-state index is 0.0485. The molecule has 1 fully saturated rings. The Morgan fingerprint density at radius 2 is 1.85 bits per heavy atom. The van der Waals surface area contributed by atoms with Gasteiger partial charge < -0.3 is 15.5 Å². The van der Waals surface area contributed by atoms with E-state index in [9.17, 15) is 14.4 Å². The molecular weight excluding hydrogens is 264 g/mol. The summed E-state index contributed by atoms with van der Waals surface area (Å²) in [5.74, 6) is -3.95. The molecule has 0 radical (unpaired) electrons. The van der Waals surface area contributed by atoms with Gasteiger partial charge in [-0.2, -0.15) is 0 Å². The monoisotopic (exact) mass is 278 g/mol. The normalized spacial score (nSPS) is 22.9. The highest BCUT2D eigenvalue weighted by molar-refractivity contribution is 6.00.